The molecule has 1 aliphatic heterocycles. The maximum atomic E-state index is 11.7. The number of hydrogen-bond donors (Lipinski definition) is 1. The van der Waals surface area contributed by atoms with Gasteiger partial charge in [-0.25, -0.2) is 4.79 Å². The summed E-state index contributed by atoms with van der Waals surface area (Å²) in [7, 11) is 0. The molecule has 1 atom stereocenters. The van der Waals surface area contributed by atoms with Crippen molar-refractivity contribution in [2.24, 2.45) is 0 Å². The van der Waals surface area contributed by atoms with Crippen LogP contribution in [-0.2, 0) is 11.3 Å². The van der Waals surface area contributed by atoms with Gasteiger partial charge in [-0.05, 0) is 25.0 Å². The lowest BCUT2D eigenvalue weighted by atomic mass is 10.2. The first-order chi connectivity index (χ1) is 7.68. The number of ether oxygens (including phenoxy) is 1. The van der Waals surface area contributed by atoms with Crippen molar-refractivity contribution in [3.05, 3.63) is 34.2 Å². The van der Waals surface area contributed by atoms with Crippen LogP contribution in [-0.4, -0.2) is 28.4 Å². The minimum Gasteiger partial charge on any atom is -0.477 e. The van der Waals surface area contributed by atoms with Crippen LogP contribution in [0.25, 0.3) is 0 Å². The van der Waals surface area contributed by atoms with Crippen LogP contribution in [0.3, 0.4) is 0 Å². The average molecular weight is 223 g/mol. The highest BCUT2D eigenvalue weighted by Gasteiger charge is 2.18. The zero-order valence-electron chi connectivity index (χ0n) is 8.76. The lowest BCUT2D eigenvalue weighted by Crippen LogP contribution is -2.29. The summed E-state index contributed by atoms with van der Waals surface area (Å²) in [4.78, 5) is 22.5. The van der Waals surface area contributed by atoms with E-state index >= 15 is 0 Å². The Morgan fingerprint density at radius 3 is 3.06 bits per heavy atom. The van der Waals surface area contributed by atoms with Crippen molar-refractivity contribution in [3.8, 4) is 0 Å². The molecule has 0 aliphatic carbocycles. The van der Waals surface area contributed by atoms with E-state index < -0.39 is 11.5 Å². The lowest BCUT2D eigenvalue weighted by Gasteiger charge is -2.11. The third-order valence-electron chi connectivity index (χ3n) is 2.67. The number of carbonyl (C=O) groups is 1. The van der Waals surface area contributed by atoms with Gasteiger partial charge in [-0.15, -0.1) is 0 Å². The molecular weight excluding hydrogens is 210 g/mol. The number of aromatic nitrogens is 1. The van der Waals surface area contributed by atoms with Gasteiger partial charge >= 0.3 is 5.97 Å². The summed E-state index contributed by atoms with van der Waals surface area (Å²) in [6, 6.07) is 2.89. The molecule has 0 bridgehead atoms. The minimum absolute atomic E-state index is 0.0294. The highest BCUT2D eigenvalue weighted by atomic mass is 16.5. The quantitative estimate of drug-likeness (QED) is 0.820. The molecule has 0 aromatic carbocycles. The van der Waals surface area contributed by atoms with Crippen LogP contribution in [0.5, 0.6) is 0 Å². The van der Waals surface area contributed by atoms with Crippen molar-refractivity contribution in [3.63, 3.8) is 0 Å². The van der Waals surface area contributed by atoms with Crippen LogP contribution in [0.4, 0.5) is 0 Å². The van der Waals surface area contributed by atoms with Crippen LogP contribution in [0, 0.1) is 0 Å². The van der Waals surface area contributed by atoms with Gasteiger partial charge in [-0.3, -0.25) is 4.79 Å². The molecular formula is C11H13NO4. The second kappa shape index (κ2) is 4.49. The van der Waals surface area contributed by atoms with Crippen molar-refractivity contribution in [2.75, 3.05) is 6.61 Å². The van der Waals surface area contributed by atoms with E-state index in [9.17, 15) is 9.59 Å². The van der Waals surface area contributed by atoms with Gasteiger partial charge in [0.1, 0.15) is 5.56 Å². The number of pyridine rings is 1. The summed E-state index contributed by atoms with van der Waals surface area (Å²) in [5, 5.41) is 8.81. The summed E-state index contributed by atoms with van der Waals surface area (Å²) in [5.41, 5.74) is -0.661. The molecule has 0 unspecified atom stereocenters. The molecule has 1 saturated heterocycles. The number of hydrogen-bond acceptors (Lipinski definition) is 3. The zero-order valence-corrected chi connectivity index (χ0v) is 8.76. The first-order valence-corrected chi connectivity index (χ1v) is 5.23. The Kier molecular flexibility index (Phi) is 3.05. The predicted molar refractivity (Wildman–Crippen MR) is 56.6 cm³/mol. The van der Waals surface area contributed by atoms with Gasteiger partial charge in [0.25, 0.3) is 5.56 Å². The van der Waals surface area contributed by atoms with E-state index in [1.165, 1.54) is 10.6 Å². The molecule has 16 heavy (non-hydrogen) atoms. The molecule has 0 radical (unpaired) electrons. The topological polar surface area (TPSA) is 68.5 Å². The molecule has 1 fully saturated rings. The molecule has 5 nitrogen and oxygen atoms in total. The number of aromatic carboxylic acids is 1. The normalized spacial score (nSPS) is 19.9. The number of carboxylic acid groups (broad SMARTS) is 1. The van der Waals surface area contributed by atoms with Gasteiger partial charge in [0.05, 0.1) is 12.6 Å². The highest BCUT2D eigenvalue weighted by Crippen LogP contribution is 2.13. The number of carboxylic acids is 1. The monoisotopic (exact) mass is 223 g/mol. The summed E-state index contributed by atoms with van der Waals surface area (Å²) in [5.74, 6) is -1.19. The predicted octanol–water partition coefficient (Wildman–Crippen LogP) is 0.726. The average Bonchev–Trinajstić information content (AvgIpc) is 2.73. The van der Waals surface area contributed by atoms with E-state index in [1.807, 2.05) is 0 Å². The number of rotatable bonds is 3. The standard InChI is InChI=1S/C11H13NO4/c13-10-9(11(14)15)4-1-5-12(10)7-8-3-2-6-16-8/h1,4-5,8H,2-3,6-7H2,(H,14,15)/t8-/m1/s1. The van der Waals surface area contributed by atoms with E-state index in [4.69, 9.17) is 9.84 Å². The maximum Gasteiger partial charge on any atom is 0.341 e. The van der Waals surface area contributed by atoms with E-state index in [0.29, 0.717) is 6.54 Å². The summed E-state index contributed by atoms with van der Waals surface area (Å²) in [6.45, 7) is 1.15. The summed E-state index contributed by atoms with van der Waals surface area (Å²) in [6.07, 6.45) is 3.54. The Labute approximate surface area is 92.3 Å². The van der Waals surface area contributed by atoms with Crippen LogP contribution < -0.4 is 5.56 Å². The number of nitrogens with zero attached hydrogens (tertiary/aromatic N) is 1. The van der Waals surface area contributed by atoms with Gasteiger partial charge in [0.15, 0.2) is 0 Å². The van der Waals surface area contributed by atoms with E-state index in [0.717, 1.165) is 19.4 Å². The van der Waals surface area contributed by atoms with Gasteiger partial charge in [0.2, 0.25) is 0 Å². The lowest BCUT2D eigenvalue weighted by molar-refractivity contribution is 0.0691. The summed E-state index contributed by atoms with van der Waals surface area (Å²) < 4.78 is 6.81. The van der Waals surface area contributed by atoms with Gasteiger partial charge < -0.3 is 14.4 Å². The Morgan fingerprint density at radius 1 is 1.62 bits per heavy atom. The molecule has 5 heteroatoms. The Hall–Kier alpha value is -1.62. The Morgan fingerprint density at radius 2 is 2.44 bits per heavy atom. The molecule has 2 heterocycles. The van der Waals surface area contributed by atoms with Crippen molar-refractivity contribution >= 4 is 5.97 Å². The SMILES string of the molecule is O=C(O)c1cccn(C[C@H]2CCCO2)c1=O. The largest absolute Gasteiger partial charge is 0.477 e. The molecule has 86 valence electrons. The summed E-state index contributed by atoms with van der Waals surface area (Å²) >= 11 is 0. The second-order valence-electron chi connectivity index (χ2n) is 3.82. The molecule has 1 aromatic heterocycles. The van der Waals surface area contributed by atoms with Crippen LogP contribution in [0.2, 0.25) is 0 Å². The fourth-order valence-electron chi connectivity index (χ4n) is 1.85. The van der Waals surface area contributed by atoms with Crippen molar-refractivity contribution in [2.45, 2.75) is 25.5 Å². The Balaban J connectivity index is 2.24. The fraction of sp³-hybridized carbons (Fsp3) is 0.455. The minimum atomic E-state index is -1.19. The first-order valence-electron chi connectivity index (χ1n) is 5.23. The van der Waals surface area contributed by atoms with Crippen molar-refractivity contribution in [1.82, 2.24) is 4.57 Å². The van der Waals surface area contributed by atoms with Crippen LogP contribution >= 0.6 is 0 Å². The highest BCUT2D eigenvalue weighted by molar-refractivity contribution is 5.86. The van der Waals surface area contributed by atoms with Crippen LogP contribution in [0.15, 0.2) is 23.1 Å². The second-order valence-corrected chi connectivity index (χ2v) is 3.82. The maximum absolute atomic E-state index is 11.7. The van der Waals surface area contributed by atoms with Crippen molar-refractivity contribution in [1.29, 1.82) is 0 Å². The molecule has 1 N–H and O–H groups in total. The van der Waals surface area contributed by atoms with E-state index in [1.54, 1.807) is 12.3 Å². The van der Waals surface area contributed by atoms with Gasteiger partial charge in [-0.2, -0.15) is 0 Å². The molecule has 0 saturated carbocycles. The molecule has 2 rings (SSSR count). The molecule has 1 aliphatic rings. The smallest absolute Gasteiger partial charge is 0.341 e. The fourth-order valence-corrected chi connectivity index (χ4v) is 1.85. The van der Waals surface area contributed by atoms with Crippen molar-refractivity contribution < 1.29 is 14.6 Å². The third-order valence-corrected chi connectivity index (χ3v) is 2.67. The molecule has 0 amide bonds. The zero-order chi connectivity index (χ0) is 11.5. The first kappa shape index (κ1) is 10.9. The molecule has 0 spiro atoms. The van der Waals surface area contributed by atoms with Crippen LogP contribution in [0.1, 0.15) is 23.2 Å². The van der Waals surface area contributed by atoms with E-state index in [2.05, 4.69) is 0 Å². The van der Waals surface area contributed by atoms with Gasteiger partial charge in [0, 0.05) is 12.8 Å². The third kappa shape index (κ3) is 2.14. The molecule has 1 aromatic rings. The Bertz CT molecular complexity index is 446. The van der Waals surface area contributed by atoms with Gasteiger partial charge in [-0.1, -0.05) is 0 Å². The van der Waals surface area contributed by atoms with E-state index in [-0.39, 0.29) is 11.7 Å².